The monoisotopic (exact) mass is 314 g/mol. The van der Waals surface area contributed by atoms with Crippen molar-refractivity contribution in [1.29, 1.82) is 5.26 Å². The van der Waals surface area contributed by atoms with Crippen molar-refractivity contribution in [3.8, 4) is 6.07 Å². The Morgan fingerprint density at radius 3 is 2.48 bits per heavy atom. The number of hydrogen-bond acceptors (Lipinski definition) is 5. The molecular weight excluding hydrogens is 296 g/mol. The number of benzene rings is 1. The van der Waals surface area contributed by atoms with Gasteiger partial charge in [-0.25, -0.2) is 14.2 Å². The topological polar surface area (TPSA) is 81.3 Å². The van der Waals surface area contributed by atoms with Crippen molar-refractivity contribution in [2.75, 3.05) is 6.61 Å². The zero-order valence-corrected chi connectivity index (χ0v) is 13.5. The molecule has 1 aromatic heterocycles. The zero-order chi connectivity index (χ0) is 17.2. The number of ether oxygens (including phenoxy) is 2. The first kappa shape index (κ1) is 16.6. The van der Waals surface area contributed by atoms with Gasteiger partial charge in [-0.2, -0.15) is 5.26 Å². The molecule has 0 bridgehead atoms. The van der Waals surface area contributed by atoms with Crippen molar-refractivity contribution in [2.24, 2.45) is 0 Å². The third-order valence-corrected chi connectivity index (χ3v) is 3.03. The van der Waals surface area contributed by atoms with Crippen LogP contribution in [0.4, 0.5) is 4.79 Å². The third kappa shape index (κ3) is 3.19. The zero-order valence-electron chi connectivity index (χ0n) is 13.5. The quantitative estimate of drug-likeness (QED) is 0.793. The van der Waals surface area contributed by atoms with Crippen LogP contribution >= 0.6 is 0 Å². The van der Waals surface area contributed by atoms with E-state index in [2.05, 4.69) is 0 Å². The molecule has 2 rings (SSSR count). The van der Waals surface area contributed by atoms with Crippen LogP contribution in [0.5, 0.6) is 0 Å². The van der Waals surface area contributed by atoms with E-state index in [-0.39, 0.29) is 17.9 Å². The van der Waals surface area contributed by atoms with Crippen LogP contribution in [0.3, 0.4) is 0 Å². The van der Waals surface area contributed by atoms with Crippen LogP contribution < -0.4 is 0 Å². The first-order valence-corrected chi connectivity index (χ1v) is 7.24. The molecule has 0 amide bonds. The lowest BCUT2D eigenvalue weighted by Crippen LogP contribution is -2.29. The molecular formula is C17H18N2O4. The number of rotatable bonds is 2. The summed E-state index contributed by atoms with van der Waals surface area (Å²) in [6.45, 7) is 6.98. The predicted molar refractivity (Wildman–Crippen MR) is 84.2 cm³/mol. The highest BCUT2D eigenvalue weighted by molar-refractivity contribution is 6.05. The molecule has 0 fully saturated rings. The molecule has 0 saturated heterocycles. The molecule has 0 spiro atoms. The van der Waals surface area contributed by atoms with Crippen LogP contribution in [-0.4, -0.2) is 28.8 Å². The van der Waals surface area contributed by atoms with Crippen molar-refractivity contribution in [2.45, 2.75) is 33.3 Å². The van der Waals surface area contributed by atoms with Gasteiger partial charge >= 0.3 is 12.1 Å². The lowest BCUT2D eigenvalue weighted by atomic mass is 10.1. The van der Waals surface area contributed by atoms with Crippen molar-refractivity contribution in [1.82, 2.24) is 4.57 Å². The van der Waals surface area contributed by atoms with Gasteiger partial charge in [0, 0.05) is 5.39 Å². The van der Waals surface area contributed by atoms with Crippen molar-refractivity contribution >= 4 is 23.0 Å². The largest absolute Gasteiger partial charge is 0.461 e. The van der Waals surface area contributed by atoms with E-state index in [1.54, 1.807) is 52.0 Å². The summed E-state index contributed by atoms with van der Waals surface area (Å²) in [7, 11) is 0. The second-order valence-electron chi connectivity index (χ2n) is 5.89. The van der Waals surface area contributed by atoms with Gasteiger partial charge in [-0.3, -0.25) is 0 Å². The summed E-state index contributed by atoms with van der Waals surface area (Å²) >= 11 is 0. The number of carbonyl (C=O) groups is 2. The van der Waals surface area contributed by atoms with Crippen LogP contribution in [0, 0.1) is 11.3 Å². The van der Waals surface area contributed by atoms with Crippen LogP contribution in [0.1, 0.15) is 43.7 Å². The van der Waals surface area contributed by atoms with E-state index in [9.17, 15) is 14.9 Å². The summed E-state index contributed by atoms with van der Waals surface area (Å²) in [5.74, 6) is -0.730. The van der Waals surface area contributed by atoms with E-state index >= 15 is 0 Å². The van der Waals surface area contributed by atoms with Gasteiger partial charge < -0.3 is 9.47 Å². The van der Waals surface area contributed by atoms with Gasteiger partial charge in [-0.1, -0.05) is 18.2 Å². The SMILES string of the molecule is CCOC(=O)c1c(C#N)c2ccccc2n1C(=O)OC(C)(C)C. The fraction of sp³-hybridized carbons (Fsp3) is 0.353. The summed E-state index contributed by atoms with van der Waals surface area (Å²) in [5.41, 5.74) is -0.308. The number of nitrogens with zero attached hydrogens (tertiary/aromatic N) is 2. The Hall–Kier alpha value is -2.81. The normalized spacial score (nSPS) is 11.1. The molecule has 0 atom stereocenters. The van der Waals surface area contributed by atoms with Gasteiger partial charge in [0.1, 0.15) is 11.7 Å². The average Bonchev–Trinajstić information content (AvgIpc) is 2.80. The van der Waals surface area contributed by atoms with Gasteiger partial charge in [-0.15, -0.1) is 0 Å². The van der Waals surface area contributed by atoms with Crippen molar-refractivity contribution in [3.05, 3.63) is 35.5 Å². The summed E-state index contributed by atoms with van der Waals surface area (Å²) in [6.07, 6.45) is -0.724. The number of hydrogen-bond donors (Lipinski definition) is 0. The Morgan fingerprint density at radius 2 is 1.91 bits per heavy atom. The van der Waals surface area contributed by atoms with Crippen LogP contribution in [0.25, 0.3) is 10.9 Å². The van der Waals surface area contributed by atoms with E-state index < -0.39 is 17.7 Å². The Labute approximate surface area is 134 Å². The van der Waals surface area contributed by atoms with Gasteiger partial charge in [0.25, 0.3) is 0 Å². The summed E-state index contributed by atoms with van der Waals surface area (Å²) in [4.78, 5) is 24.8. The Kier molecular flexibility index (Phi) is 4.41. The fourth-order valence-electron chi connectivity index (χ4n) is 2.24. The van der Waals surface area contributed by atoms with Crippen LogP contribution in [-0.2, 0) is 9.47 Å². The lowest BCUT2D eigenvalue weighted by Gasteiger charge is -2.20. The maximum Gasteiger partial charge on any atom is 0.419 e. The average molecular weight is 314 g/mol. The molecule has 1 aromatic carbocycles. The molecule has 0 aliphatic carbocycles. The molecule has 23 heavy (non-hydrogen) atoms. The summed E-state index contributed by atoms with van der Waals surface area (Å²) in [6, 6.07) is 8.78. The van der Waals surface area contributed by atoms with E-state index in [0.29, 0.717) is 10.9 Å². The third-order valence-electron chi connectivity index (χ3n) is 3.03. The minimum atomic E-state index is -0.735. The van der Waals surface area contributed by atoms with E-state index in [1.165, 1.54) is 0 Å². The van der Waals surface area contributed by atoms with Gasteiger partial charge in [0.2, 0.25) is 0 Å². The van der Waals surface area contributed by atoms with Gasteiger partial charge in [0.05, 0.1) is 17.7 Å². The number of fused-ring (bicyclic) bond motifs is 1. The molecule has 0 aliphatic rings. The molecule has 2 aromatic rings. The minimum Gasteiger partial charge on any atom is -0.461 e. The maximum absolute atomic E-state index is 12.6. The highest BCUT2D eigenvalue weighted by Gasteiger charge is 2.29. The first-order chi connectivity index (χ1) is 10.8. The van der Waals surface area contributed by atoms with Crippen molar-refractivity contribution < 1.29 is 19.1 Å². The highest BCUT2D eigenvalue weighted by atomic mass is 16.6. The molecule has 0 N–H and O–H groups in total. The lowest BCUT2D eigenvalue weighted by molar-refractivity contribution is 0.0453. The molecule has 6 heteroatoms. The number of para-hydroxylation sites is 1. The number of carbonyl (C=O) groups excluding carboxylic acids is 2. The summed E-state index contributed by atoms with van der Waals surface area (Å²) < 4.78 is 11.5. The highest BCUT2D eigenvalue weighted by Crippen LogP contribution is 2.27. The Balaban J connectivity index is 2.75. The Bertz CT molecular complexity index is 806. The molecule has 120 valence electrons. The predicted octanol–water partition coefficient (Wildman–Crippen LogP) is 3.47. The molecule has 1 heterocycles. The van der Waals surface area contributed by atoms with E-state index in [1.807, 2.05) is 6.07 Å². The van der Waals surface area contributed by atoms with Gasteiger partial charge in [0.15, 0.2) is 5.69 Å². The number of nitriles is 1. The first-order valence-electron chi connectivity index (χ1n) is 7.24. The summed E-state index contributed by atoms with van der Waals surface area (Å²) in [5, 5.41) is 9.94. The fourth-order valence-corrected chi connectivity index (χ4v) is 2.24. The molecule has 0 unspecified atom stereocenters. The smallest absolute Gasteiger partial charge is 0.419 e. The number of aromatic nitrogens is 1. The molecule has 0 radical (unpaired) electrons. The molecule has 0 saturated carbocycles. The second kappa shape index (κ2) is 6.13. The minimum absolute atomic E-state index is 0.102. The van der Waals surface area contributed by atoms with E-state index in [0.717, 1.165) is 4.57 Å². The second-order valence-corrected chi connectivity index (χ2v) is 5.89. The van der Waals surface area contributed by atoms with Crippen LogP contribution in [0.15, 0.2) is 24.3 Å². The van der Waals surface area contributed by atoms with Gasteiger partial charge in [-0.05, 0) is 33.8 Å². The Morgan fingerprint density at radius 1 is 1.26 bits per heavy atom. The molecule has 6 nitrogen and oxygen atoms in total. The van der Waals surface area contributed by atoms with Crippen LogP contribution in [0.2, 0.25) is 0 Å². The number of esters is 1. The maximum atomic E-state index is 12.6. The van der Waals surface area contributed by atoms with E-state index in [4.69, 9.17) is 9.47 Å². The standard InChI is InChI=1S/C17H18N2O4/c1-5-22-15(20)14-12(10-18)11-8-6-7-9-13(11)19(14)16(21)23-17(2,3)4/h6-9H,5H2,1-4H3. The molecule has 0 aliphatic heterocycles. The van der Waals surface area contributed by atoms with Crippen molar-refractivity contribution in [3.63, 3.8) is 0 Å².